The minimum Gasteiger partial charge on any atom is -0.420 e. The van der Waals surface area contributed by atoms with Crippen LogP contribution < -0.4 is 0 Å². The highest BCUT2D eigenvalue weighted by Crippen LogP contribution is 2.26. The summed E-state index contributed by atoms with van der Waals surface area (Å²) in [6.45, 7) is 2.04. The van der Waals surface area contributed by atoms with Crippen LogP contribution in [0, 0.1) is 6.92 Å². The van der Waals surface area contributed by atoms with E-state index in [2.05, 4.69) is 20.4 Å². The Bertz CT molecular complexity index is 1030. The quantitative estimate of drug-likeness (QED) is 0.497. The van der Waals surface area contributed by atoms with Crippen LogP contribution in [0.4, 0.5) is 0 Å². The molecular formula is C19H17N5OS. The fraction of sp³-hybridized carbons (Fsp3) is 0.158. The molecule has 0 unspecified atom stereocenters. The molecule has 0 atom stereocenters. The maximum Gasteiger partial charge on any atom is 0.247 e. The van der Waals surface area contributed by atoms with Gasteiger partial charge in [0.1, 0.15) is 0 Å². The molecule has 0 spiro atoms. The first-order valence-corrected chi connectivity index (χ1v) is 9.16. The lowest BCUT2D eigenvalue weighted by Crippen LogP contribution is -1.95. The highest BCUT2D eigenvalue weighted by molar-refractivity contribution is 7.98. The van der Waals surface area contributed by atoms with Gasteiger partial charge in [-0.1, -0.05) is 59.8 Å². The van der Waals surface area contributed by atoms with E-state index < -0.39 is 0 Å². The third kappa shape index (κ3) is 3.39. The van der Waals surface area contributed by atoms with E-state index in [-0.39, 0.29) is 0 Å². The maximum absolute atomic E-state index is 5.78. The van der Waals surface area contributed by atoms with Crippen LogP contribution in [0.15, 0.2) is 64.2 Å². The van der Waals surface area contributed by atoms with Gasteiger partial charge in [-0.05, 0) is 19.1 Å². The molecule has 4 aromatic rings. The van der Waals surface area contributed by atoms with Gasteiger partial charge in [0.25, 0.3) is 0 Å². The third-order valence-corrected chi connectivity index (χ3v) is 4.93. The fourth-order valence-electron chi connectivity index (χ4n) is 2.61. The largest absolute Gasteiger partial charge is 0.420 e. The van der Waals surface area contributed by atoms with Crippen molar-refractivity contribution in [3.8, 4) is 22.8 Å². The molecule has 0 radical (unpaired) electrons. The van der Waals surface area contributed by atoms with Gasteiger partial charge in [-0.3, -0.25) is 0 Å². The minimum atomic E-state index is 0.534. The van der Waals surface area contributed by atoms with E-state index >= 15 is 0 Å². The molecule has 0 saturated carbocycles. The molecule has 0 aliphatic heterocycles. The Hall–Kier alpha value is -2.93. The molecule has 2 aromatic heterocycles. The first-order valence-electron chi connectivity index (χ1n) is 8.18. The van der Waals surface area contributed by atoms with Gasteiger partial charge in [0, 0.05) is 18.2 Å². The normalized spacial score (nSPS) is 11.0. The zero-order valence-corrected chi connectivity index (χ0v) is 15.3. The first-order chi connectivity index (χ1) is 12.7. The fourth-order valence-corrected chi connectivity index (χ4v) is 3.36. The molecule has 0 amide bonds. The molecule has 130 valence electrons. The topological polar surface area (TPSA) is 69.6 Å². The molecule has 2 aromatic carbocycles. The summed E-state index contributed by atoms with van der Waals surface area (Å²) in [5.74, 6) is 2.47. The summed E-state index contributed by atoms with van der Waals surface area (Å²) in [7, 11) is 1.96. The standard InChI is InChI=1S/C19H17N5OS/c1-13-7-6-10-15(11-13)18-22-20-16(25-18)12-26-19-23-21-17(24(19)2)14-8-4-3-5-9-14/h3-11H,12H2,1-2H3. The van der Waals surface area contributed by atoms with Crippen LogP contribution in [0.5, 0.6) is 0 Å². The van der Waals surface area contributed by atoms with Crippen LogP contribution in [0.1, 0.15) is 11.5 Å². The van der Waals surface area contributed by atoms with Crippen LogP contribution in [0.3, 0.4) is 0 Å². The van der Waals surface area contributed by atoms with E-state index in [4.69, 9.17) is 4.42 Å². The second-order valence-corrected chi connectivity index (χ2v) is 6.83. The van der Waals surface area contributed by atoms with Crippen molar-refractivity contribution in [1.29, 1.82) is 0 Å². The smallest absolute Gasteiger partial charge is 0.247 e. The molecule has 2 heterocycles. The van der Waals surface area contributed by atoms with Gasteiger partial charge in [0.15, 0.2) is 11.0 Å². The average Bonchev–Trinajstić information content (AvgIpc) is 3.28. The van der Waals surface area contributed by atoms with Crippen LogP contribution >= 0.6 is 11.8 Å². The molecule has 26 heavy (non-hydrogen) atoms. The summed E-state index contributed by atoms with van der Waals surface area (Å²) in [6, 6.07) is 18.0. The molecule has 0 saturated heterocycles. The van der Waals surface area contributed by atoms with Gasteiger partial charge < -0.3 is 8.98 Å². The lowest BCUT2D eigenvalue weighted by molar-refractivity contribution is 0.528. The lowest BCUT2D eigenvalue weighted by atomic mass is 10.1. The minimum absolute atomic E-state index is 0.534. The van der Waals surface area contributed by atoms with Gasteiger partial charge in [0.05, 0.1) is 5.75 Å². The molecular weight excluding hydrogens is 346 g/mol. The summed E-state index contributed by atoms with van der Waals surface area (Å²) >= 11 is 1.52. The van der Waals surface area contributed by atoms with E-state index in [0.717, 1.165) is 27.7 Å². The Morgan fingerprint density at radius 1 is 0.923 bits per heavy atom. The van der Waals surface area contributed by atoms with Gasteiger partial charge >= 0.3 is 0 Å². The van der Waals surface area contributed by atoms with E-state index in [1.807, 2.05) is 73.1 Å². The average molecular weight is 363 g/mol. The van der Waals surface area contributed by atoms with Gasteiger partial charge in [-0.15, -0.1) is 20.4 Å². The van der Waals surface area contributed by atoms with E-state index in [1.165, 1.54) is 11.8 Å². The number of hydrogen-bond donors (Lipinski definition) is 0. The van der Waals surface area contributed by atoms with Gasteiger partial charge in [0.2, 0.25) is 11.8 Å². The molecule has 0 N–H and O–H groups in total. The Morgan fingerprint density at radius 3 is 2.54 bits per heavy atom. The number of aromatic nitrogens is 5. The van der Waals surface area contributed by atoms with Crippen molar-refractivity contribution in [2.24, 2.45) is 7.05 Å². The summed E-state index contributed by atoms with van der Waals surface area (Å²) in [6.07, 6.45) is 0. The number of nitrogens with zero attached hydrogens (tertiary/aromatic N) is 5. The SMILES string of the molecule is Cc1cccc(-c2nnc(CSc3nnc(-c4ccccc4)n3C)o2)c1. The summed E-state index contributed by atoms with van der Waals surface area (Å²) in [5.41, 5.74) is 3.12. The second kappa shape index (κ2) is 7.13. The monoisotopic (exact) mass is 363 g/mol. The predicted molar refractivity (Wildman–Crippen MR) is 100 cm³/mol. The van der Waals surface area contributed by atoms with Crippen molar-refractivity contribution in [3.63, 3.8) is 0 Å². The third-order valence-electron chi connectivity index (χ3n) is 3.92. The number of thioether (sulfide) groups is 1. The van der Waals surface area contributed by atoms with Gasteiger partial charge in [-0.2, -0.15) is 0 Å². The highest BCUT2D eigenvalue weighted by Gasteiger charge is 2.14. The molecule has 0 aliphatic carbocycles. The summed E-state index contributed by atoms with van der Waals surface area (Å²) in [5, 5.41) is 17.6. The number of aryl methyl sites for hydroxylation is 1. The van der Waals surface area contributed by atoms with E-state index in [9.17, 15) is 0 Å². The first kappa shape index (κ1) is 16.5. The molecule has 0 aliphatic rings. The molecule has 0 bridgehead atoms. The number of hydrogen-bond acceptors (Lipinski definition) is 6. The van der Waals surface area contributed by atoms with Crippen molar-refractivity contribution in [3.05, 3.63) is 66.1 Å². The summed E-state index contributed by atoms with van der Waals surface area (Å²) in [4.78, 5) is 0. The van der Waals surface area contributed by atoms with Gasteiger partial charge in [-0.25, -0.2) is 0 Å². The van der Waals surface area contributed by atoms with Crippen molar-refractivity contribution >= 4 is 11.8 Å². The second-order valence-electron chi connectivity index (χ2n) is 5.89. The van der Waals surface area contributed by atoms with E-state index in [0.29, 0.717) is 17.5 Å². The lowest BCUT2D eigenvalue weighted by Gasteiger charge is -2.02. The van der Waals surface area contributed by atoms with Crippen LogP contribution in [-0.4, -0.2) is 25.0 Å². The van der Waals surface area contributed by atoms with Crippen LogP contribution in [-0.2, 0) is 12.8 Å². The number of rotatable bonds is 5. The van der Waals surface area contributed by atoms with E-state index in [1.54, 1.807) is 0 Å². The van der Waals surface area contributed by atoms with Crippen molar-refractivity contribution < 1.29 is 4.42 Å². The highest BCUT2D eigenvalue weighted by atomic mass is 32.2. The Morgan fingerprint density at radius 2 is 1.73 bits per heavy atom. The molecule has 0 fully saturated rings. The predicted octanol–water partition coefficient (Wildman–Crippen LogP) is 4.13. The van der Waals surface area contributed by atoms with Crippen molar-refractivity contribution in [1.82, 2.24) is 25.0 Å². The van der Waals surface area contributed by atoms with Crippen LogP contribution in [0.25, 0.3) is 22.8 Å². The Balaban J connectivity index is 1.48. The zero-order chi connectivity index (χ0) is 17.9. The Labute approximate surface area is 155 Å². The zero-order valence-electron chi connectivity index (χ0n) is 14.5. The maximum atomic E-state index is 5.78. The number of benzene rings is 2. The molecule has 7 heteroatoms. The van der Waals surface area contributed by atoms with Crippen molar-refractivity contribution in [2.45, 2.75) is 17.8 Å². The Kier molecular flexibility index (Phi) is 4.53. The van der Waals surface area contributed by atoms with Crippen LogP contribution in [0.2, 0.25) is 0 Å². The summed E-state index contributed by atoms with van der Waals surface area (Å²) < 4.78 is 7.75. The molecule has 6 nitrogen and oxygen atoms in total. The molecule has 4 rings (SSSR count). The van der Waals surface area contributed by atoms with Crippen molar-refractivity contribution in [2.75, 3.05) is 0 Å².